The molecule has 158 valence electrons. The summed E-state index contributed by atoms with van der Waals surface area (Å²) < 4.78 is 16.0. The maximum Gasteiger partial charge on any atom is 0.254 e. The van der Waals surface area contributed by atoms with Crippen LogP contribution in [-0.4, -0.2) is 41.7 Å². The lowest BCUT2D eigenvalue weighted by Gasteiger charge is -2.19. The Kier molecular flexibility index (Phi) is 5.84. The number of methoxy groups -OCH3 is 2. The largest absolute Gasteiger partial charge is 0.493 e. The average Bonchev–Trinajstić information content (AvgIpc) is 3.30. The van der Waals surface area contributed by atoms with Gasteiger partial charge >= 0.3 is 0 Å². The normalized spacial score (nSPS) is 10.8. The second-order valence-corrected chi connectivity index (χ2v) is 6.96. The van der Waals surface area contributed by atoms with Gasteiger partial charge in [-0.1, -0.05) is 35.5 Å². The average molecular weight is 417 g/mol. The summed E-state index contributed by atoms with van der Waals surface area (Å²) in [5.74, 6) is 1.89. The van der Waals surface area contributed by atoms with Crippen LogP contribution in [0, 0.1) is 0 Å². The van der Waals surface area contributed by atoms with E-state index in [1.165, 1.54) is 0 Å². The topological polar surface area (TPSA) is 77.7 Å². The first-order valence-corrected chi connectivity index (χ1v) is 9.96. The number of hydrogen-bond donors (Lipinski definition) is 0. The second kappa shape index (κ2) is 8.87. The second-order valence-electron chi connectivity index (χ2n) is 6.96. The molecular weight excluding hydrogens is 394 g/mol. The van der Waals surface area contributed by atoms with E-state index in [-0.39, 0.29) is 12.5 Å². The fourth-order valence-corrected chi connectivity index (χ4v) is 3.41. The van der Waals surface area contributed by atoms with Crippen molar-refractivity contribution in [2.24, 2.45) is 0 Å². The predicted octanol–water partition coefficient (Wildman–Crippen LogP) is 4.57. The highest BCUT2D eigenvalue weighted by Gasteiger charge is 2.19. The number of fused-ring (bicyclic) bond motifs is 1. The molecule has 0 bridgehead atoms. The zero-order chi connectivity index (χ0) is 21.8. The van der Waals surface area contributed by atoms with Crippen molar-refractivity contribution in [3.05, 3.63) is 72.1 Å². The molecule has 0 fully saturated rings. The van der Waals surface area contributed by atoms with Gasteiger partial charge in [-0.05, 0) is 48.0 Å². The van der Waals surface area contributed by atoms with Crippen LogP contribution in [0.15, 0.2) is 65.2 Å². The van der Waals surface area contributed by atoms with Crippen molar-refractivity contribution in [1.82, 2.24) is 15.0 Å². The predicted molar refractivity (Wildman–Crippen MR) is 117 cm³/mol. The molecule has 3 aromatic carbocycles. The highest BCUT2D eigenvalue weighted by molar-refractivity contribution is 5.98. The minimum atomic E-state index is -0.0841. The summed E-state index contributed by atoms with van der Waals surface area (Å²) in [5.41, 5.74) is 1.36. The summed E-state index contributed by atoms with van der Waals surface area (Å²) in [6, 6.07) is 19.1. The third-order valence-corrected chi connectivity index (χ3v) is 5.10. The molecule has 1 amide bonds. The smallest absolute Gasteiger partial charge is 0.254 e. The van der Waals surface area contributed by atoms with Gasteiger partial charge in [0.25, 0.3) is 5.91 Å². The molecule has 1 aromatic heterocycles. The van der Waals surface area contributed by atoms with E-state index in [0.717, 1.165) is 16.3 Å². The van der Waals surface area contributed by atoms with Crippen molar-refractivity contribution in [2.75, 3.05) is 20.8 Å². The van der Waals surface area contributed by atoms with Crippen molar-refractivity contribution >= 4 is 16.7 Å². The monoisotopic (exact) mass is 417 g/mol. The Balaban J connectivity index is 1.54. The summed E-state index contributed by atoms with van der Waals surface area (Å²) in [4.78, 5) is 19.2. The Morgan fingerprint density at radius 2 is 1.74 bits per heavy atom. The van der Waals surface area contributed by atoms with E-state index in [0.29, 0.717) is 35.3 Å². The number of benzene rings is 3. The molecule has 0 atom stereocenters. The number of carbonyl (C=O) groups is 1. The van der Waals surface area contributed by atoms with Crippen molar-refractivity contribution in [3.8, 4) is 22.9 Å². The lowest BCUT2D eigenvalue weighted by atomic mass is 10.1. The van der Waals surface area contributed by atoms with Crippen LogP contribution in [0.1, 0.15) is 23.2 Å². The standard InChI is InChI=1S/C24H23N3O4/c1-4-27(24(28)19-10-9-16-7-5-6-8-17(16)13-19)15-22-25-23(26-31-22)18-11-12-20(29-2)21(14-18)30-3/h5-14H,4,15H2,1-3H3. The van der Waals surface area contributed by atoms with E-state index < -0.39 is 0 Å². The van der Waals surface area contributed by atoms with Gasteiger partial charge in [0.2, 0.25) is 11.7 Å². The van der Waals surface area contributed by atoms with Crippen LogP contribution in [0.3, 0.4) is 0 Å². The Labute approximate surface area is 180 Å². The molecular formula is C24H23N3O4. The third-order valence-electron chi connectivity index (χ3n) is 5.10. The van der Waals surface area contributed by atoms with Crippen LogP contribution in [0.4, 0.5) is 0 Å². The fraction of sp³-hybridized carbons (Fsp3) is 0.208. The molecule has 0 aliphatic carbocycles. The van der Waals surface area contributed by atoms with Crippen LogP contribution in [0.25, 0.3) is 22.2 Å². The summed E-state index contributed by atoms with van der Waals surface area (Å²) in [7, 11) is 3.15. The molecule has 1 heterocycles. The summed E-state index contributed by atoms with van der Waals surface area (Å²) in [5, 5.41) is 6.18. The van der Waals surface area contributed by atoms with Gasteiger partial charge in [-0.2, -0.15) is 4.98 Å². The van der Waals surface area contributed by atoms with Crippen molar-refractivity contribution < 1.29 is 18.8 Å². The summed E-state index contributed by atoms with van der Waals surface area (Å²) in [6.07, 6.45) is 0. The first-order valence-electron chi connectivity index (χ1n) is 9.96. The molecule has 0 saturated carbocycles. The Morgan fingerprint density at radius 1 is 0.968 bits per heavy atom. The van der Waals surface area contributed by atoms with Gasteiger partial charge in [0.1, 0.15) is 6.54 Å². The Bertz CT molecular complexity index is 1220. The molecule has 0 aliphatic rings. The first kappa shape index (κ1) is 20.4. The van der Waals surface area contributed by atoms with E-state index >= 15 is 0 Å². The summed E-state index contributed by atoms with van der Waals surface area (Å²) in [6.45, 7) is 2.66. The zero-order valence-electron chi connectivity index (χ0n) is 17.7. The highest BCUT2D eigenvalue weighted by atomic mass is 16.5. The van der Waals surface area contributed by atoms with Gasteiger partial charge in [-0.25, -0.2) is 0 Å². The number of amides is 1. The number of rotatable bonds is 7. The lowest BCUT2D eigenvalue weighted by Crippen LogP contribution is -2.30. The van der Waals surface area contributed by atoms with Gasteiger partial charge in [0.05, 0.1) is 14.2 Å². The van der Waals surface area contributed by atoms with Crippen LogP contribution >= 0.6 is 0 Å². The molecule has 7 nitrogen and oxygen atoms in total. The van der Waals surface area contributed by atoms with Crippen molar-refractivity contribution in [3.63, 3.8) is 0 Å². The van der Waals surface area contributed by atoms with Gasteiger partial charge in [0.15, 0.2) is 11.5 Å². The van der Waals surface area contributed by atoms with Gasteiger partial charge in [-0.15, -0.1) is 0 Å². The SMILES string of the molecule is CCN(Cc1nc(-c2ccc(OC)c(OC)c2)no1)C(=O)c1ccc2ccccc2c1. The molecule has 31 heavy (non-hydrogen) atoms. The molecule has 0 aliphatic heterocycles. The van der Waals surface area contributed by atoms with Gasteiger partial charge in [-0.3, -0.25) is 4.79 Å². The molecule has 7 heteroatoms. The molecule has 4 rings (SSSR count). The molecule has 0 spiro atoms. The quantitative estimate of drug-likeness (QED) is 0.438. The zero-order valence-corrected chi connectivity index (χ0v) is 17.7. The number of aromatic nitrogens is 2. The third kappa shape index (κ3) is 4.21. The highest BCUT2D eigenvalue weighted by Crippen LogP contribution is 2.31. The van der Waals surface area contributed by atoms with Crippen LogP contribution in [0.2, 0.25) is 0 Å². The van der Waals surface area contributed by atoms with Crippen molar-refractivity contribution in [1.29, 1.82) is 0 Å². The maximum atomic E-state index is 13.1. The van der Waals surface area contributed by atoms with E-state index in [2.05, 4.69) is 10.1 Å². The van der Waals surface area contributed by atoms with E-state index in [1.54, 1.807) is 31.3 Å². The minimum absolute atomic E-state index is 0.0841. The fourth-order valence-electron chi connectivity index (χ4n) is 3.41. The molecule has 0 N–H and O–H groups in total. The lowest BCUT2D eigenvalue weighted by molar-refractivity contribution is 0.0734. The van der Waals surface area contributed by atoms with E-state index in [9.17, 15) is 4.79 Å². The molecule has 0 unspecified atom stereocenters. The van der Waals surface area contributed by atoms with Crippen LogP contribution < -0.4 is 9.47 Å². The molecule has 0 saturated heterocycles. The van der Waals surface area contributed by atoms with Crippen molar-refractivity contribution in [2.45, 2.75) is 13.5 Å². The van der Waals surface area contributed by atoms with Crippen LogP contribution in [0.5, 0.6) is 11.5 Å². The maximum absolute atomic E-state index is 13.1. The van der Waals surface area contributed by atoms with Crippen LogP contribution in [-0.2, 0) is 6.54 Å². The minimum Gasteiger partial charge on any atom is -0.493 e. The number of carbonyl (C=O) groups excluding carboxylic acids is 1. The Hall–Kier alpha value is -3.87. The Morgan fingerprint density at radius 3 is 2.48 bits per heavy atom. The van der Waals surface area contributed by atoms with Gasteiger partial charge < -0.3 is 18.9 Å². The number of hydrogen-bond acceptors (Lipinski definition) is 6. The van der Waals surface area contributed by atoms with E-state index in [4.69, 9.17) is 14.0 Å². The first-order chi connectivity index (χ1) is 15.1. The molecule has 4 aromatic rings. The van der Waals surface area contributed by atoms with Gasteiger partial charge in [0, 0.05) is 17.7 Å². The summed E-state index contributed by atoms with van der Waals surface area (Å²) >= 11 is 0. The number of nitrogens with zero attached hydrogens (tertiary/aromatic N) is 3. The number of ether oxygens (including phenoxy) is 2. The van der Waals surface area contributed by atoms with E-state index in [1.807, 2.05) is 55.5 Å². The molecule has 0 radical (unpaired) electrons.